The molecule has 0 radical (unpaired) electrons. The normalized spacial score (nSPS) is 15.2. The second-order valence-electron chi connectivity index (χ2n) is 5.81. The average Bonchev–Trinajstić information content (AvgIpc) is 3.22. The van der Waals surface area contributed by atoms with Crippen LogP contribution in [0.4, 0.5) is 0 Å². The molecule has 0 saturated carbocycles. The third-order valence-electron chi connectivity index (χ3n) is 4.63. The molecule has 0 fully saturated rings. The van der Waals surface area contributed by atoms with Crippen molar-refractivity contribution in [3.8, 4) is 6.07 Å². The molecular formula is C19H15N3. The maximum Gasteiger partial charge on any atom is 0.0991 e. The number of rotatable bonds is 2. The summed E-state index contributed by atoms with van der Waals surface area (Å²) >= 11 is 0. The molecular weight excluding hydrogens is 270 g/mol. The lowest BCUT2D eigenvalue weighted by Crippen LogP contribution is -2.35. The van der Waals surface area contributed by atoms with Crippen molar-refractivity contribution in [2.45, 2.75) is 18.4 Å². The molecule has 0 amide bonds. The van der Waals surface area contributed by atoms with E-state index in [1.807, 2.05) is 30.9 Å². The molecule has 3 heteroatoms. The van der Waals surface area contributed by atoms with Crippen molar-refractivity contribution in [2.75, 3.05) is 0 Å². The van der Waals surface area contributed by atoms with Gasteiger partial charge in [0.1, 0.15) is 0 Å². The molecule has 4 rings (SSSR count). The fourth-order valence-corrected chi connectivity index (χ4v) is 3.50. The first-order valence-corrected chi connectivity index (χ1v) is 7.38. The van der Waals surface area contributed by atoms with Crippen molar-refractivity contribution in [1.29, 1.82) is 5.26 Å². The molecule has 0 N–H and O–H groups in total. The standard InChI is InChI=1S/C19H15N3/c20-13-15-5-7-18(8-6-15)19(22-10-9-21-14-22)11-16-3-1-2-4-17(16)12-19/h1-10,14H,11-12H2. The number of benzene rings is 2. The van der Waals surface area contributed by atoms with E-state index in [9.17, 15) is 0 Å². The summed E-state index contributed by atoms with van der Waals surface area (Å²) in [5.41, 5.74) is 4.55. The van der Waals surface area contributed by atoms with Gasteiger partial charge in [-0.15, -0.1) is 0 Å². The number of fused-ring (bicyclic) bond motifs is 1. The first-order valence-electron chi connectivity index (χ1n) is 7.38. The van der Waals surface area contributed by atoms with Crippen molar-refractivity contribution in [3.05, 3.63) is 89.5 Å². The average molecular weight is 285 g/mol. The monoisotopic (exact) mass is 285 g/mol. The quantitative estimate of drug-likeness (QED) is 0.725. The van der Waals surface area contributed by atoms with Crippen LogP contribution in [0, 0.1) is 11.3 Å². The Bertz CT molecular complexity index is 814. The first kappa shape index (κ1) is 12.8. The first-order chi connectivity index (χ1) is 10.8. The Labute approximate surface area is 129 Å². The Morgan fingerprint density at radius 1 is 1.00 bits per heavy atom. The smallest absolute Gasteiger partial charge is 0.0991 e. The highest BCUT2D eigenvalue weighted by Gasteiger charge is 2.40. The molecule has 3 nitrogen and oxygen atoms in total. The fraction of sp³-hybridized carbons (Fsp3) is 0.158. The molecule has 1 aliphatic carbocycles. The Hall–Kier alpha value is -2.86. The molecule has 2 aromatic carbocycles. The van der Waals surface area contributed by atoms with Crippen molar-refractivity contribution in [2.24, 2.45) is 0 Å². The van der Waals surface area contributed by atoms with Gasteiger partial charge in [-0.25, -0.2) is 4.98 Å². The van der Waals surface area contributed by atoms with Gasteiger partial charge >= 0.3 is 0 Å². The minimum absolute atomic E-state index is 0.145. The van der Waals surface area contributed by atoms with Gasteiger partial charge in [-0.2, -0.15) is 5.26 Å². The third-order valence-corrected chi connectivity index (χ3v) is 4.63. The summed E-state index contributed by atoms with van der Waals surface area (Å²) in [6.07, 6.45) is 7.65. The van der Waals surface area contributed by atoms with Crippen LogP contribution in [0.5, 0.6) is 0 Å². The molecule has 1 heterocycles. The zero-order valence-corrected chi connectivity index (χ0v) is 12.1. The van der Waals surface area contributed by atoms with Crippen LogP contribution in [-0.2, 0) is 18.4 Å². The van der Waals surface area contributed by atoms with Crippen LogP contribution in [0.2, 0.25) is 0 Å². The molecule has 1 aromatic heterocycles. The van der Waals surface area contributed by atoms with Gasteiger partial charge in [0.05, 0.1) is 23.5 Å². The van der Waals surface area contributed by atoms with Crippen LogP contribution in [0.1, 0.15) is 22.3 Å². The predicted molar refractivity (Wildman–Crippen MR) is 84.3 cm³/mol. The van der Waals surface area contributed by atoms with Gasteiger partial charge in [0, 0.05) is 25.2 Å². The van der Waals surface area contributed by atoms with Crippen molar-refractivity contribution in [3.63, 3.8) is 0 Å². The van der Waals surface area contributed by atoms with Gasteiger partial charge in [-0.3, -0.25) is 0 Å². The van der Waals surface area contributed by atoms with Crippen LogP contribution in [0.3, 0.4) is 0 Å². The van der Waals surface area contributed by atoms with E-state index in [1.54, 1.807) is 0 Å². The molecule has 1 aliphatic rings. The zero-order valence-electron chi connectivity index (χ0n) is 12.1. The maximum atomic E-state index is 9.02. The number of hydrogen-bond donors (Lipinski definition) is 0. The number of nitriles is 1. The molecule has 0 atom stereocenters. The summed E-state index contributed by atoms with van der Waals surface area (Å²) in [6, 6.07) is 18.7. The Morgan fingerprint density at radius 2 is 1.68 bits per heavy atom. The van der Waals surface area contributed by atoms with Crippen molar-refractivity contribution < 1.29 is 0 Å². The molecule has 3 aromatic rings. The molecule has 0 spiro atoms. The number of hydrogen-bond acceptors (Lipinski definition) is 2. The highest BCUT2D eigenvalue weighted by atomic mass is 15.1. The van der Waals surface area contributed by atoms with Gasteiger partial charge in [-0.1, -0.05) is 36.4 Å². The van der Waals surface area contributed by atoms with Crippen molar-refractivity contribution >= 4 is 0 Å². The minimum Gasteiger partial charge on any atom is -0.327 e. The van der Waals surface area contributed by atoms with E-state index in [2.05, 4.69) is 52.0 Å². The maximum absolute atomic E-state index is 9.02. The SMILES string of the molecule is N#Cc1ccc(C2(n3ccnc3)Cc3ccccc3C2)cc1. The third kappa shape index (κ3) is 1.85. The van der Waals surface area contributed by atoms with Gasteiger partial charge in [0.15, 0.2) is 0 Å². The van der Waals surface area contributed by atoms with E-state index in [1.165, 1.54) is 16.7 Å². The highest BCUT2D eigenvalue weighted by Crippen LogP contribution is 2.40. The molecule has 106 valence electrons. The summed E-state index contributed by atoms with van der Waals surface area (Å²) in [5, 5.41) is 9.02. The second-order valence-corrected chi connectivity index (χ2v) is 5.81. The highest BCUT2D eigenvalue weighted by molar-refractivity contribution is 5.44. The number of nitrogens with zero attached hydrogens (tertiary/aromatic N) is 3. The summed E-state index contributed by atoms with van der Waals surface area (Å²) in [6.45, 7) is 0. The minimum atomic E-state index is -0.145. The molecule has 0 aliphatic heterocycles. The van der Waals surface area contributed by atoms with E-state index >= 15 is 0 Å². The lowest BCUT2D eigenvalue weighted by molar-refractivity contribution is 0.373. The summed E-state index contributed by atoms with van der Waals surface area (Å²) in [7, 11) is 0. The fourth-order valence-electron chi connectivity index (χ4n) is 3.50. The number of aromatic nitrogens is 2. The molecule has 0 unspecified atom stereocenters. The second kappa shape index (κ2) is 4.85. The topological polar surface area (TPSA) is 41.6 Å². The summed E-state index contributed by atoms with van der Waals surface area (Å²) in [4.78, 5) is 4.24. The lowest BCUT2D eigenvalue weighted by atomic mass is 9.86. The predicted octanol–water partition coefficient (Wildman–Crippen LogP) is 3.30. The Kier molecular flexibility index (Phi) is 2.83. The van der Waals surface area contributed by atoms with Crippen LogP contribution in [0.15, 0.2) is 67.3 Å². The van der Waals surface area contributed by atoms with E-state index in [-0.39, 0.29) is 5.54 Å². The molecule has 22 heavy (non-hydrogen) atoms. The lowest BCUT2D eigenvalue weighted by Gasteiger charge is -2.31. The van der Waals surface area contributed by atoms with E-state index in [0.29, 0.717) is 5.56 Å². The number of imidazole rings is 1. The largest absolute Gasteiger partial charge is 0.327 e. The van der Waals surface area contributed by atoms with Gasteiger partial charge in [0.2, 0.25) is 0 Å². The zero-order chi connectivity index (χ0) is 15.0. The summed E-state index contributed by atoms with van der Waals surface area (Å²) < 4.78 is 2.20. The van der Waals surface area contributed by atoms with Crippen LogP contribution in [0.25, 0.3) is 0 Å². The van der Waals surface area contributed by atoms with Crippen LogP contribution < -0.4 is 0 Å². The molecule has 0 bridgehead atoms. The van der Waals surface area contributed by atoms with Crippen LogP contribution >= 0.6 is 0 Å². The van der Waals surface area contributed by atoms with Crippen LogP contribution in [-0.4, -0.2) is 9.55 Å². The Morgan fingerprint density at radius 3 is 2.23 bits per heavy atom. The van der Waals surface area contributed by atoms with Gasteiger partial charge in [0.25, 0.3) is 0 Å². The van der Waals surface area contributed by atoms with E-state index in [4.69, 9.17) is 5.26 Å². The summed E-state index contributed by atoms with van der Waals surface area (Å²) in [5.74, 6) is 0. The van der Waals surface area contributed by atoms with Crippen molar-refractivity contribution in [1.82, 2.24) is 9.55 Å². The van der Waals surface area contributed by atoms with Gasteiger partial charge < -0.3 is 4.57 Å². The van der Waals surface area contributed by atoms with E-state index < -0.39 is 0 Å². The Balaban J connectivity index is 1.86. The molecule has 0 saturated heterocycles. The van der Waals surface area contributed by atoms with E-state index in [0.717, 1.165) is 12.8 Å². The van der Waals surface area contributed by atoms with Gasteiger partial charge in [-0.05, 0) is 28.8 Å².